The highest BCUT2D eigenvalue weighted by atomic mass is 35.5. The topological polar surface area (TPSA) is 98.7 Å². The molecule has 2 amide bonds. The van der Waals surface area contributed by atoms with E-state index in [-0.39, 0.29) is 12.3 Å². The van der Waals surface area contributed by atoms with Crippen molar-refractivity contribution in [2.45, 2.75) is 31.8 Å². The van der Waals surface area contributed by atoms with Crippen molar-refractivity contribution < 1.29 is 19.5 Å². The number of carbonyl (C=O) groups is 3. The predicted molar refractivity (Wildman–Crippen MR) is 124 cm³/mol. The summed E-state index contributed by atoms with van der Waals surface area (Å²) in [5.74, 6) is -0.422. The molecule has 3 N–H and O–H groups in total. The van der Waals surface area contributed by atoms with E-state index in [0.29, 0.717) is 37.0 Å². The van der Waals surface area contributed by atoms with E-state index < -0.39 is 24.0 Å². The number of halogens is 2. The number of hydrogen-bond acceptors (Lipinski definition) is 5. The molecular weight excluding hydrogens is 449 g/mol. The fourth-order valence-corrected chi connectivity index (χ4v) is 3.75. The van der Waals surface area contributed by atoms with Gasteiger partial charge in [0, 0.05) is 43.9 Å². The lowest BCUT2D eigenvalue weighted by atomic mass is 10.0. The van der Waals surface area contributed by atoms with Gasteiger partial charge in [-0.3, -0.25) is 9.59 Å². The van der Waals surface area contributed by atoms with Crippen molar-refractivity contribution >= 4 is 58.4 Å². The Morgan fingerprint density at radius 2 is 1.67 bits per heavy atom. The van der Waals surface area contributed by atoms with E-state index in [2.05, 4.69) is 15.5 Å². The molecule has 1 aromatic carbocycles. The first-order valence-corrected chi connectivity index (χ1v) is 12.0. The molecule has 0 aliphatic heterocycles. The lowest BCUT2D eigenvalue weighted by molar-refractivity contribution is -0.142. The summed E-state index contributed by atoms with van der Waals surface area (Å²) in [4.78, 5) is 37.7. The van der Waals surface area contributed by atoms with Gasteiger partial charge >= 0.3 is 5.97 Å². The number of nitrogens with one attached hydrogen (secondary N) is 2. The minimum Gasteiger partial charge on any atom is -0.480 e. The molecule has 0 saturated carbocycles. The van der Waals surface area contributed by atoms with E-state index in [0.717, 1.165) is 11.3 Å². The predicted octanol–water partition coefficient (Wildman–Crippen LogP) is 2.34. The number of nitrogens with zero attached hydrogens (tertiary/aromatic N) is 1. The first-order valence-electron chi connectivity index (χ1n) is 9.57. The fourth-order valence-electron chi connectivity index (χ4n) is 2.87. The van der Waals surface area contributed by atoms with Crippen LogP contribution in [0.25, 0.3) is 0 Å². The number of rotatable bonds is 14. The van der Waals surface area contributed by atoms with Gasteiger partial charge in [0.1, 0.15) is 12.1 Å². The van der Waals surface area contributed by atoms with Gasteiger partial charge in [-0.15, -0.1) is 23.2 Å². The summed E-state index contributed by atoms with van der Waals surface area (Å²) in [7, 11) is 0. The third-order valence-electron chi connectivity index (χ3n) is 4.37. The number of carboxylic acid groups (broad SMARTS) is 1. The molecule has 0 fully saturated rings. The molecule has 0 heterocycles. The normalized spacial score (nSPS) is 12.7. The van der Waals surface area contributed by atoms with Crippen LogP contribution < -0.4 is 15.5 Å². The van der Waals surface area contributed by atoms with Crippen molar-refractivity contribution in [3.63, 3.8) is 0 Å². The zero-order valence-electron chi connectivity index (χ0n) is 17.2. The Labute approximate surface area is 191 Å². The zero-order chi connectivity index (χ0) is 22.5. The van der Waals surface area contributed by atoms with Crippen molar-refractivity contribution in [3.8, 4) is 0 Å². The van der Waals surface area contributed by atoms with E-state index in [4.69, 9.17) is 23.2 Å². The Balaban J connectivity index is 2.89. The Kier molecular flexibility index (Phi) is 12.7. The SMILES string of the molecule is CSCC[C@H](NC(=O)[C@@H](Cc1ccc(N(CCCl)CCCl)cc1)NC(C)=O)C(=O)O. The Morgan fingerprint density at radius 1 is 1.07 bits per heavy atom. The lowest BCUT2D eigenvalue weighted by Crippen LogP contribution is -2.52. The zero-order valence-corrected chi connectivity index (χ0v) is 19.5. The standard InChI is InChI=1S/C20H29Cl2N3O4S/c1-14(26)23-18(19(27)24-17(20(28)29)7-12-30-2)13-15-3-5-16(6-4-15)25(10-8-21)11-9-22/h3-6,17-18H,7-13H2,1-2H3,(H,23,26)(H,24,27)(H,28,29)/t17-,18+/m0/s1. The quantitative estimate of drug-likeness (QED) is 0.355. The molecule has 2 atom stereocenters. The number of amides is 2. The van der Waals surface area contributed by atoms with Gasteiger partial charge < -0.3 is 20.6 Å². The van der Waals surface area contributed by atoms with Gasteiger partial charge in [-0.1, -0.05) is 12.1 Å². The lowest BCUT2D eigenvalue weighted by Gasteiger charge is -2.24. The molecule has 1 aromatic rings. The number of benzene rings is 1. The van der Waals surface area contributed by atoms with Crippen LogP contribution in [0.15, 0.2) is 24.3 Å². The summed E-state index contributed by atoms with van der Waals surface area (Å²) >= 11 is 13.2. The largest absolute Gasteiger partial charge is 0.480 e. The van der Waals surface area contributed by atoms with Crippen LogP contribution in [-0.2, 0) is 20.8 Å². The summed E-state index contributed by atoms with van der Waals surface area (Å²) < 4.78 is 0. The molecule has 0 saturated heterocycles. The maximum atomic E-state index is 12.7. The van der Waals surface area contributed by atoms with Crippen molar-refractivity contribution in [1.82, 2.24) is 10.6 Å². The fraction of sp³-hybridized carbons (Fsp3) is 0.550. The van der Waals surface area contributed by atoms with Crippen molar-refractivity contribution in [2.75, 3.05) is 41.8 Å². The van der Waals surface area contributed by atoms with Crippen LogP contribution in [-0.4, -0.2) is 71.8 Å². The van der Waals surface area contributed by atoms with Gasteiger partial charge in [0.15, 0.2) is 0 Å². The molecule has 7 nitrogen and oxygen atoms in total. The number of thioether (sulfide) groups is 1. The number of alkyl halides is 2. The Hall–Kier alpha value is -1.64. The third-order valence-corrected chi connectivity index (χ3v) is 5.35. The smallest absolute Gasteiger partial charge is 0.326 e. The van der Waals surface area contributed by atoms with E-state index >= 15 is 0 Å². The number of anilines is 1. The monoisotopic (exact) mass is 477 g/mol. The van der Waals surface area contributed by atoms with Gasteiger partial charge in [-0.05, 0) is 36.1 Å². The second kappa shape index (κ2) is 14.4. The van der Waals surface area contributed by atoms with Gasteiger partial charge in [-0.2, -0.15) is 11.8 Å². The third kappa shape index (κ3) is 9.45. The van der Waals surface area contributed by atoms with Gasteiger partial charge in [-0.25, -0.2) is 4.79 Å². The first-order chi connectivity index (χ1) is 14.3. The molecule has 0 aliphatic rings. The van der Waals surface area contributed by atoms with Crippen molar-refractivity contribution in [1.29, 1.82) is 0 Å². The number of carbonyl (C=O) groups excluding carboxylic acids is 2. The molecule has 0 aliphatic carbocycles. The molecule has 168 valence electrons. The molecule has 0 radical (unpaired) electrons. The van der Waals surface area contributed by atoms with Crippen LogP contribution in [0.3, 0.4) is 0 Å². The minimum atomic E-state index is -1.10. The first kappa shape index (κ1) is 26.4. The highest BCUT2D eigenvalue weighted by Gasteiger charge is 2.26. The van der Waals surface area contributed by atoms with E-state index in [1.807, 2.05) is 30.5 Å². The van der Waals surface area contributed by atoms with Crippen molar-refractivity contribution in [2.24, 2.45) is 0 Å². The van der Waals surface area contributed by atoms with Crippen LogP contribution in [0.2, 0.25) is 0 Å². The van der Waals surface area contributed by atoms with E-state index in [1.54, 1.807) is 0 Å². The molecule has 10 heteroatoms. The second-order valence-electron chi connectivity index (χ2n) is 6.67. The molecule has 0 bridgehead atoms. The number of hydrogen-bond donors (Lipinski definition) is 3. The average molecular weight is 478 g/mol. The number of carboxylic acids is 1. The summed E-state index contributed by atoms with van der Waals surface area (Å²) in [5.41, 5.74) is 1.80. The summed E-state index contributed by atoms with van der Waals surface area (Å²) in [5, 5.41) is 14.5. The summed E-state index contributed by atoms with van der Waals surface area (Å²) in [6.45, 7) is 2.65. The van der Waals surface area contributed by atoms with E-state index in [9.17, 15) is 19.5 Å². The van der Waals surface area contributed by atoms with E-state index in [1.165, 1.54) is 18.7 Å². The highest BCUT2D eigenvalue weighted by Crippen LogP contribution is 2.17. The van der Waals surface area contributed by atoms with Crippen LogP contribution in [0, 0.1) is 0 Å². The maximum absolute atomic E-state index is 12.7. The minimum absolute atomic E-state index is 0.242. The second-order valence-corrected chi connectivity index (χ2v) is 8.41. The Morgan fingerprint density at radius 3 is 2.13 bits per heavy atom. The molecular formula is C20H29Cl2N3O4S. The Bertz CT molecular complexity index is 685. The summed E-state index contributed by atoms with van der Waals surface area (Å²) in [6, 6.07) is 5.70. The molecule has 0 unspecified atom stereocenters. The number of aliphatic carboxylic acids is 1. The van der Waals surface area contributed by atoms with Crippen LogP contribution in [0.5, 0.6) is 0 Å². The molecule has 0 aromatic heterocycles. The molecule has 30 heavy (non-hydrogen) atoms. The molecule has 1 rings (SSSR count). The maximum Gasteiger partial charge on any atom is 0.326 e. The van der Waals surface area contributed by atoms with Crippen molar-refractivity contribution in [3.05, 3.63) is 29.8 Å². The highest BCUT2D eigenvalue weighted by molar-refractivity contribution is 7.98. The van der Waals surface area contributed by atoms with Crippen LogP contribution >= 0.6 is 35.0 Å². The average Bonchev–Trinajstić information content (AvgIpc) is 2.70. The molecule has 0 spiro atoms. The van der Waals surface area contributed by atoms with Gasteiger partial charge in [0.05, 0.1) is 0 Å². The van der Waals surface area contributed by atoms with Crippen LogP contribution in [0.4, 0.5) is 5.69 Å². The van der Waals surface area contributed by atoms with Crippen LogP contribution in [0.1, 0.15) is 18.9 Å². The van der Waals surface area contributed by atoms with Gasteiger partial charge in [0.2, 0.25) is 11.8 Å². The van der Waals surface area contributed by atoms with Gasteiger partial charge in [0.25, 0.3) is 0 Å². The summed E-state index contributed by atoms with van der Waals surface area (Å²) in [6.07, 6.45) is 2.41.